The number of hydrogen-bond donors (Lipinski definition) is 1. The molecule has 1 N–H and O–H groups in total. The molecule has 0 atom stereocenters. The fraction of sp³-hybridized carbons (Fsp3) is 0.231. The molecule has 3 nitrogen and oxygen atoms in total. The maximum atomic E-state index is 13.7. The Kier molecular flexibility index (Phi) is 2.70. The number of pyridine rings is 1. The first kappa shape index (κ1) is 11.5. The fourth-order valence-electron chi connectivity index (χ4n) is 2.29. The van der Waals surface area contributed by atoms with Gasteiger partial charge in [-0.1, -0.05) is 12.1 Å². The summed E-state index contributed by atoms with van der Waals surface area (Å²) in [7, 11) is 0. The van der Waals surface area contributed by atoms with E-state index in [2.05, 4.69) is 4.98 Å². The summed E-state index contributed by atoms with van der Waals surface area (Å²) in [4.78, 5) is 15.7. The molecular formula is C13H10FNO2S. The van der Waals surface area contributed by atoms with E-state index in [9.17, 15) is 14.3 Å². The highest BCUT2D eigenvalue weighted by Gasteiger charge is 2.23. The van der Waals surface area contributed by atoms with E-state index >= 15 is 0 Å². The number of fused-ring (bicyclic) bond motifs is 2. The van der Waals surface area contributed by atoms with Gasteiger partial charge < -0.3 is 5.11 Å². The standard InChI is InChI=1S/C13H10FNO2S/c14-9-3-1-2-7-11(13(16)17)8-6-18-5-4-10(8)15-12(7)9/h1-3H,4-6H2,(H,16,17). The number of halogens is 1. The van der Waals surface area contributed by atoms with E-state index in [0.717, 1.165) is 17.0 Å². The molecule has 1 aromatic carbocycles. The van der Waals surface area contributed by atoms with Crippen LogP contribution < -0.4 is 0 Å². The molecule has 2 heterocycles. The molecule has 2 aromatic rings. The van der Waals surface area contributed by atoms with Crippen LogP contribution in [0.2, 0.25) is 0 Å². The van der Waals surface area contributed by atoms with Crippen molar-refractivity contribution in [3.63, 3.8) is 0 Å². The van der Waals surface area contributed by atoms with Gasteiger partial charge in [-0.25, -0.2) is 14.2 Å². The van der Waals surface area contributed by atoms with Crippen molar-refractivity contribution in [2.75, 3.05) is 5.75 Å². The number of aromatic carboxylic acids is 1. The Balaban J connectivity index is 2.44. The molecule has 3 rings (SSSR count). The lowest BCUT2D eigenvalue weighted by atomic mass is 10.00. The minimum Gasteiger partial charge on any atom is -0.478 e. The van der Waals surface area contributed by atoms with Crippen molar-refractivity contribution in [2.24, 2.45) is 0 Å². The molecule has 0 radical (unpaired) electrons. The van der Waals surface area contributed by atoms with Crippen LogP contribution in [-0.4, -0.2) is 21.8 Å². The maximum Gasteiger partial charge on any atom is 0.336 e. The van der Waals surface area contributed by atoms with E-state index in [1.165, 1.54) is 12.1 Å². The molecule has 0 saturated heterocycles. The van der Waals surface area contributed by atoms with Crippen molar-refractivity contribution >= 4 is 28.6 Å². The molecule has 18 heavy (non-hydrogen) atoms. The van der Waals surface area contributed by atoms with Crippen LogP contribution in [0.25, 0.3) is 10.9 Å². The summed E-state index contributed by atoms with van der Waals surface area (Å²) in [6, 6.07) is 4.45. The van der Waals surface area contributed by atoms with Crippen molar-refractivity contribution in [2.45, 2.75) is 12.2 Å². The van der Waals surface area contributed by atoms with Crippen molar-refractivity contribution in [1.29, 1.82) is 0 Å². The number of hydrogen-bond acceptors (Lipinski definition) is 3. The lowest BCUT2D eigenvalue weighted by Crippen LogP contribution is -2.13. The van der Waals surface area contributed by atoms with Gasteiger partial charge in [-0.05, 0) is 23.8 Å². The summed E-state index contributed by atoms with van der Waals surface area (Å²) in [6.07, 6.45) is 0.699. The molecular weight excluding hydrogens is 253 g/mol. The number of aryl methyl sites for hydroxylation is 1. The molecule has 0 amide bonds. The average Bonchev–Trinajstić information content (AvgIpc) is 2.36. The molecule has 0 aliphatic carbocycles. The summed E-state index contributed by atoms with van der Waals surface area (Å²) in [6.45, 7) is 0. The molecule has 0 spiro atoms. The minimum atomic E-state index is -1.01. The lowest BCUT2D eigenvalue weighted by Gasteiger charge is -2.18. The fourth-order valence-corrected chi connectivity index (χ4v) is 3.29. The predicted molar refractivity (Wildman–Crippen MR) is 68.5 cm³/mol. The normalized spacial score (nSPS) is 14.5. The van der Waals surface area contributed by atoms with Gasteiger partial charge in [-0.2, -0.15) is 11.8 Å². The second-order valence-electron chi connectivity index (χ2n) is 4.16. The van der Waals surface area contributed by atoms with Crippen molar-refractivity contribution in [3.8, 4) is 0 Å². The second kappa shape index (κ2) is 4.24. The van der Waals surface area contributed by atoms with E-state index in [4.69, 9.17) is 0 Å². The number of thioether (sulfide) groups is 1. The number of carboxylic acid groups (broad SMARTS) is 1. The van der Waals surface area contributed by atoms with E-state index < -0.39 is 11.8 Å². The van der Waals surface area contributed by atoms with Gasteiger partial charge in [-0.15, -0.1) is 0 Å². The number of aromatic nitrogens is 1. The van der Waals surface area contributed by atoms with Gasteiger partial charge in [-0.3, -0.25) is 0 Å². The van der Waals surface area contributed by atoms with E-state index in [-0.39, 0.29) is 11.1 Å². The second-order valence-corrected chi connectivity index (χ2v) is 5.26. The van der Waals surface area contributed by atoms with Crippen LogP contribution in [0.15, 0.2) is 18.2 Å². The zero-order valence-electron chi connectivity index (χ0n) is 9.44. The van der Waals surface area contributed by atoms with Gasteiger partial charge in [0.2, 0.25) is 0 Å². The molecule has 0 unspecified atom stereocenters. The third-order valence-corrected chi connectivity index (χ3v) is 4.08. The largest absolute Gasteiger partial charge is 0.478 e. The van der Waals surface area contributed by atoms with Gasteiger partial charge in [0.25, 0.3) is 0 Å². The van der Waals surface area contributed by atoms with E-state index in [1.807, 2.05) is 0 Å². The predicted octanol–water partition coefficient (Wildman–Crippen LogP) is 2.86. The summed E-state index contributed by atoms with van der Waals surface area (Å²) >= 11 is 1.68. The highest BCUT2D eigenvalue weighted by atomic mass is 32.2. The summed E-state index contributed by atoms with van der Waals surface area (Å²) < 4.78 is 13.7. The van der Waals surface area contributed by atoms with Crippen molar-refractivity contribution in [1.82, 2.24) is 4.98 Å². The number of benzene rings is 1. The SMILES string of the molecule is O=C(O)c1c2c(nc3c(F)cccc13)CCSC2. The maximum absolute atomic E-state index is 13.7. The monoisotopic (exact) mass is 263 g/mol. The molecule has 0 bridgehead atoms. The van der Waals surface area contributed by atoms with Gasteiger partial charge in [0.05, 0.1) is 5.56 Å². The molecule has 0 saturated carbocycles. The average molecular weight is 263 g/mol. The highest BCUT2D eigenvalue weighted by Crippen LogP contribution is 2.31. The van der Waals surface area contributed by atoms with Gasteiger partial charge in [0.15, 0.2) is 0 Å². The molecule has 1 aliphatic heterocycles. The lowest BCUT2D eigenvalue weighted by molar-refractivity contribution is 0.0698. The Morgan fingerprint density at radius 1 is 1.44 bits per heavy atom. The van der Waals surface area contributed by atoms with E-state index in [1.54, 1.807) is 17.8 Å². The summed E-state index contributed by atoms with van der Waals surface area (Å²) in [5.74, 6) is 0.0675. The van der Waals surface area contributed by atoms with Crippen LogP contribution in [0.5, 0.6) is 0 Å². The third-order valence-electron chi connectivity index (χ3n) is 3.10. The first-order valence-corrected chi connectivity index (χ1v) is 6.75. The van der Waals surface area contributed by atoms with Gasteiger partial charge in [0.1, 0.15) is 11.3 Å². The van der Waals surface area contributed by atoms with Crippen LogP contribution in [0.4, 0.5) is 4.39 Å². The van der Waals surface area contributed by atoms with E-state index in [0.29, 0.717) is 17.6 Å². The molecule has 92 valence electrons. The Labute approximate surface area is 107 Å². The molecule has 0 fully saturated rings. The van der Waals surface area contributed by atoms with Crippen molar-refractivity contribution < 1.29 is 14.3 Å². The smallest absolute Gasteiger partial charge is 0.336 e. The molecule has 1 aliphatic rings. The summed E-state index contributed by atoms with van der Waals surface area (Å²) in [5, 5.41) is 9.76. The Hall–Kier alpha value is -1.62. The summed E-state index contributed by atoms with van der Waals surface area (Å²) in [5.41, 5.74) is 1.85. The van der Waals surface area contributed by atoms with Crippen molar-refractivity contribution in [3.05, 3.63) is 40.8 Å². The van der Waals surface area contributed by atoms with Crippen LogP contribution in [0, 0.1) is 5.82 Å². The number of para-hydroxylation sites is 1. The topological polar surface area (TPSA) is 50.2 Å². The Morgan fingerprint density at radius 3 is 3.06 bits per heavy atom. The first-order chi connectivity index (χ1) is 8.68. The van der Waals surface area contributed by atoms with Crippen LogP contribution in [0.1, 0.15) is 21.6 Å². The quantitative estimate of drug-likeness (QED) is 0.859. The molecule has 5 heteroatoms. The Morgan fingerprint density at radius 2 is 2.28 bits per heavy atom. The highest BCUT2D eigenvalue weighted by molar-refractivity contribution is 7.98. The number of carboxylic acids is 1. The first-order valence-electron chi connectivity index (χ1n) is 5.59. The molecule has 1 aromatic heterocycles. The zero-order chi connectivity index (χ0) is 12.7. The number of rotatable bonds is 1. The Bertz CT molecular complexity index is 657. The van der Waals surface area contributed by atoms with Gasteiger partial charge >= 0.3 is 5.97 Å². The number of nitrogens with zero attached hydrogens (tertiary/aromatic N) is 1. The number of carbonyl (C=O) groups is 1. The van der Waals surface area contributed by atoms with Crippen LogP contribution in [-0.2, 0) is 12.2 Å². The third kappa shape index (κ3) is 1.66. The van der Waals surface area contributed by atoms with Crippen LogP contribution >= 0.6 is 11.8 Å². The zero-order valence-corrected chi connectivity index (χ0v) is 10.3. The minimum absolute atomic E-state index is 0.167. The van der Waals surface area contributed by atoms with Gasteiger partial charge in [0, 0.05) is 16.8 Å². The van der Waals surface area contributed by atoms with Crippen LogP contribution in [0.3, 0.4) is 0 Å².